The Bertz CT molecular complexity index is 773. The van der Waals surface area contributed by atoms with Crippen LogP contribution in [-0.4, -0.2) is 48.0 Å². The zero-order chi connectivity index (χ0) is 19.1. The first-order valence-electron chi connectivity index (χ1n) is 9.18. The second kappa shape index (κ2) is 9.48. The molecule has 8 nitrogen and oxygen atoms in total. The molecular formula is C19H28N6O2. The van der Waals surface area contributed by atoms with Gasteiger partial charge in [0, 0.05) is 40.3 Å². The van der Waals surface area contributed by atoms with Gasteiger partial charge in [-0.2, -0.15) is 5.10 Å². The fourth-order valence-electron chi connectivity index (χ4n) is 3.26. The third-order valence-corrected chi connectivity index (χ3v) is 4.60. The van der Waals surface area contributed by atoms with Crippen LogP contribution in [0.4, 0.5) is 0 Å². The molecular weight excluding hydrogens is 344 g/mol. The molecule has 0 spiro atoms. The van der Waals surface area contributed by atoms with Crippen molar-refractivity contribution in [3.05, 3.63) is 47.0 Å². The van der Waals surface area contributed by atoms with Gasteiger partial charge in [0.25, 0.3) is 0 Å². The highest BCUT2D eigenvalue weighted by molar-refractivity contribution is 5.80. The van der Waals surface area contributed by atoms with E-state index in [-0.39, 0.29) is 6.04 Å². The minimum absolute atomic E-state index is 0.259. The van der Waals surface area contributed by atoms with Gasteiger partial charge < -0.3 is 20.1 Å². The Morgan fingerprint density at radius 2 is 2.00 bits per heavy atom. The molecule has 0 saturated carbocycles. The van der Waals surface area contributed by atoms with Crippen molar-refractivity contribution in [2.24, 2.45) is 4.99 Å². The van der Waals surface area contributed by atoms with Crippen molar-refractivity contribution in [3.63, 3.8) is 0 Å². The van der Waals surface area contributed by atoms with E-state index < -0.39 is 0 Å². The molecule has 0 bridgehead atoms. The van der Waals surface area contributed by atoms with Crippen molar-refractivity contribution < 1.29 is 9.47 Å². The molecule has 2 heterocycles. The summed E-state index contributed by atoms with van der Waals surface area (Å²) in [6.07, 6.45) is 1.88. The summed E-state index contributed by atoms with van der Waals surface area (Å²) in [6, 6.07) is 8.52. The first kappa shape index (κ1) is 19.3. The molecule has 2 N–H and O–H groups in total. The first-order chi connectivity index (χ1) is 13.2. The van der Waals surface area contributed by atoms with Crippen molar-refractivity contribution in [1.82, 2.24) is 25.4 Å². The average Bonchev–Trinajstić information content (AvgIpc) is 3.08. The van der Waals surface area contributed by atoms with E-state index in [4.69, 9.17) is 9.47 Å². The maximum atomic E-state index is 5.28. The fourth-order valence-corrected chi connectivity index (χ4v) is 3.26. The zero-order valence-corrected chi connectivity index (χ0v) is 16.2. The summed E-state index contributed by atoms with van der Waals surface area (Å²) >= 11 is 0. The van der Waals surface area contributed by atoms with Crippen molar-refractivity contribution >= 4 is 5.96 Å². The summed E-state index contributed by atoms with van der Waals surface area (Å²) < 4.78 is 12.4. The van der Waals surface area contributed by atoms with Crippen LogP contribution in [0.2, 0.25) is 0 Å². The van der Waals surface area contributed by atoms with Gasteiger partial charge in [0.2, 0.25) is 0 Å². The lowest BCUT2D eigenvalue weighted by molar-refractivity contribution is 0.177. The lowest BCUT2D eigenvalue weighted by atomic mass is 10.1. The Balaban J connectivity index is 1.56. The molecule has 3 rings (SSSR count). The highest BCUT2D eigenvalue weighted by Crippen LogP contribution is 2.14. The van der Waals surface area contributed by atoms with Crippen LogP contribution in [0.3, 0.4) is 0 Å². The molecule has 1 aliphatic heterocycles. The Morgan fingerprint density at radius 1 is 1.22 bits per heavy atom. The van der Waals surface area contributed by atoms with E-state index in [9.17, 15) is 0 Å². The second-order valence-electron chi connectivity index (χ2n) is 6.57. The predicted molar refractivity (Wildman–Crippen MR) is 103 cm³/mol. The normalized spacial score (nSPS) is 16.9. The zero-order valence-electron chi connectivity index (χ0n) is 16.2. The van der Waals surface area contributed by atoms with Gasteiger partial charge in [-0.25, -0.2) is 9.67 Å². The van der Waals surface area contributed by atoms with Gasteiger partial charge in [-0.1, -0.05) is 24.3 Å². The highest BCUT2D eigenvalue weighted by atomic mass is 16.5. The minimum atomic E-state index is 0.259. The van der Waals surface area contributed by atoms with Gasteiger partial charge in [-0.3, -0.25) is 4.99 Å². The minimum Gasteiger partial charge on any atom is -0.380 e. The molecule has 1 aromatic carbocycles. The summed E-state index contributed by atoms with van der Waals surface area (Å²) in [6.45, 7) is 2.51. The van der Waals surface area contributed by atoms with Gasteiger partial charge in [0.1, 0.15) is 12.4 Å². The van der Waals surface area contributed by atoms with Crippen LogP contribution in [-0.2, 0) is 42.2 Å². The molecule has 1 atom stereocenters. The Morgan fingerprint density at radius 3 is 2.74 bits per heavy atom. The molecule has 27 heavy (non-hydrogen) atoms. The number of hydrogen-bond donors (Lipinski definition) is 2. The Hall–Kier alpha value is -2.45. The van der Waals surface area contributed by atoms with Gasteiger partial charge in [-0.05, 0) is 17.5 Å². The number of nitrogens with zero attached hydrogens (tertiary/aromatic N) is 4. The number of nitrogens with one attached hydrogen (secondary N) is 2. The van der Waals surface area contributed by atoms with Crippen LogP contribution in [0, 0.1) is 0 Å². The van der Waals surface area contributed by atoms with Crippen LogP contribution < -0.4 is 10.6 Å². The van der Waals surface area contributed by atoms with Crippen molar-refractivity contribution in [1.29, 1.82) is 0 Å². The van der Waals surface area contributed by atoms with Gasteiger partial charge in [0.05, 0.1) is 13.2 Å². The summed E-state index contributed by atoms with van der Waals surface area (Å²) in [4.78, 5) is 8.88. The number of guanidine groups is 1. The summed E-state index contributed by atoms with van der Waals surface area (Å²) in [5, 5.41) is 11.4. The standard InChI is InChI=1S/C19H28N6O2/c1-20-19(21-10-14-6-4-5-7-15(14)12-26-2)22-16-8-9-18-23-17(13-27-3)24-25(18)11-16/h4-7,16H,8-13H2,1-3H3,(H2,20,21,22). The number of aliphatic imine (C=N–C) groups is 1. The summed E-state index contributed by atoms with van der Waals surface area (Å²) in [5.74, 6) is 2.55. The largest absolute Gasteiger partial charge is 0.380 e. The number of hydrogen-bond acceptors (Lipinski definition) is 5. The highest BCUT2D eigenvalue weighted by Gasteiger charge is 2.22. The van der Waals surface area contributed by atoms with E-state index in [1.807, 2.05) is 16.8 Å². The molecule has 1 aromatic heterocycles. The van der Waals surface area contributed by atoms with E-state index in [0.29, 0.717) is 19.8 Å². The molecule has 0 fully saturated rings. The van der Waals surface area contributed by atoms with E-state index >= 15 is 0 Å². The average molecular weight is 372 g/mol. The SMILES string of the molecule is CN=C(NCc1ccccc1COC)NC1CCc2nc(COC)nn2C1. The van der Waals surface area contributed by atoms with E-state index in [2.05, 4.69) is 37.8 Å². The number of aryl methyl sites for hydroxylation is 1. The van der Waals surface area contributed by atoms with Gasteiger partial charge in [0.15, 0.2) is 11.8 Å². The maximum absolute atomic E-state index is 5.28. The predicted octanol–water partition coefficient (Wildman–Crippen LogP) is 1.25. The van der Waals surface area contributed by atoms with Crippen molar-refractivity contribution in [3.8, 4) is 0 Å². The van der Waals surface area contributed by atoms with E-state index in [1.165, 1.54) is 11.1 Å². The Kier molecular flexibility index (Phi) is 6.78. The topological polar surface area (TPSA) is 85.6 Å². The smallest absolute Gasteiger partial charge is 0.191 e. The molecule has 0 radical (unpaired) electrons. The van der Waals surface area contributed by atoms with E-state index in [1.54, 1.807) is 21.3 Å². The molecule has 1 unspecified atom stereocenters. The summed E-state index contributed by atoms with van der Waals surface area (Å²) in [5.41, 5.74) is 2.38. The first-order valence-corrected chi connectivity index (χ1v) is 9.18. The van der Waals surface area contributed by atoms with Crippen LogP contribution in [0.15, 0.2) is 29.3 Å². The summed E-state index contributed by atoms with van der Waals surface area (Å²) in [7, 11) is 5.16. The lowest BCUT2D eigenvalue weighted by Gasteiger charge is -2.25. The molecule has 1 aliphatic rings. The number of ether oxygens (including phenoxy) is 2. The van der Waals surface area contributed by atoms with E-state index in [0.717, 1.165) is 37.0 Å². The number of benzene rings is 1. The van der Waals surface area contributed by atoms with Crippen molar-refractivity contribution in [2.75, 3.05) is 21.3 Å². The van der Waals surface area contributed by atoms with Crippen LogP contribution >= 0.6 is 0 Å². The maximum Gasteiger partial charge on any atom is 0.191 e. The second-order valence-corrected chi connectivity index (χ2v) is 6.57. The number of rotatable bonds is 7. The molecule has 0 saturated heterocycles. The monoisotopic (exact) mass is 372 g/mol. The van der Waals surface area contributed by atoms with Gasteiger partial charge in [-0.15, -0.1) is 0 Å². The quantitative estimate of drug-likeness (QED) is 0.562. The molecule has 2 aromatic rings. The fraction of sp³-hybridized carbons (Fsp3) is 0.526. The number of fused-ring (bicyclic) bond motifs is 1. The molecule has 146 valence electrons. The molecule has 0 aliphatic carbocycles. The number of aromatic nitrogens is 3. The van der Waals surface area contributed by atoms with Crippen LogP contribution in [0.5, 0.6) is 0 Å². The Labute approximate surface area is 160 Å². The van der Waals surface area contributed by atoms with Crippen molar-refractivity contribution in [2.45, 2.75) is 45.2 Å². The number of methoxy groups -OCH3 is 2. The molecule has 0 amide bonds. The molecule has 8 heteroatoms. The lowest BCUT2D eigenvalue weighted by Crippen LogP contribution is -2.46. The van der Waals surface area contributed by atoms with Gasteiger partial charge >= 0.3 is 0 Å². The van der Waals surface area contributed by atoms with Crippen LogP contribution in [0.1, 0.15) is 29.2 Å². The third kappa shape index (κ3) is 5.05. The third-order valence-electron chi connectivity index (χ3n) is 4.60. The van der Waals surface area contributed by atoms with Crippen LogP contribution in [0.25, 0.3) is 0 Å².